The smallest absolute Gasteiger partial charge is 0.269 e. The Morgan fingerprint density at radius 3 is 2.67 bits per heavy atom. The van der Waals surface area contributed by atoms with Gasteiger partial charge >= 0.3 is 0 Å². The lowest BCUT2D eigenvalue weighted by atomic mass is 10.1. The van der Waals surface area contributed by atoms with Crippen LogP contribution in [0.3, 0.4) is 0 Å². The Morgan fingerprint density at radius 1 is 1.08 bits per heavy atom. The second-order valence-corrected chi connectivity index (χ2v) is 10.2. The highest BCUT2D eigenvalue weighted by atomic mass is 79.9. The molecule has 12 heteroatoms. The Kier molecular flexibility index (Phi) is 6.28. The molecule has 3 aromatic heterocycles. The summed E-state index contributed by atoms with van der Waals surface area (Å²) in [6.07, 6.45) is 4.66. The van der Waals surface area contributed by atoms with Crippen molar-refractivity contribution < 1.29 is 14.4 Å². The first-order valence-electron chi connectivity index (χ1n) is 12.2. The van der Waals surface area contributed by atoms with Gasteiger partial charge in [-0.3, -0.25) is 19.1 Å². The van der Waals surface area contributed by atoms with Crippen LogP contribution in [0.1, 0.15) is 34.7 Å². The molecule has 0 unspecified atom stereocenters. The molecule has 4 heterocycles. The van der Waals surface area contributed by atoms with E-state index in [-0.39, 0.29) is 30.1 Å². The molecule has 4 aromatic rings. The maximum atomic E-state index is 13.5. The van der Waals surface area contributed by atoms with E-state index in [0.29, 0.717) is 45.1 Å². The molecule has 11 nitrogen and oxygen atoms in total. The molecule has 3 amide bonds. The monoisotopic (exact) mass is 584 g/mol. The Morgan fingerprint density at radius 2 is 1.90 bits per heavy atom. The molecule has 1 saturated carbocycles. The van der Waals surface area contributed by atoms with Crippen molar-refractivity contribution in [2.45, 2.75) is 31.5 Å². The van der Waals surface area contributed by atoms with Crippen LogP contribution in [-0.2, 0) is 16.1 Å². The first kappa shape index (κ1) is 24.7. The fourth-order valence-corrected chi connectivity index (χ4v) is 5.34. The fourth-order valence-electron chi connectivity index (χ4n) is 5.00. The second kappa shape index (κ2) is 9.92. The van der Waals surface area contributed by atoms with Crippen LogP contribution in [0.2, 0.25) is 0 Å². The van der Waals surface area contributed by atoms with Gasteiger partial charge in [0.05, 0.1) is 5.52 Å². The minimum absolute atomic E-state index is 0.0169. The third-order valence-corrected chi connectivity index (χ3v) is 7.26. The molecule has 3 N–H and O–H groups in total. The van der Waals surface area contributed by atoms with Crippen molar-refractivity contribution in [3.63, 3.8) is 0 Å². The van der Waals surface area contributed by atoms with E-state index in [1.54, 1.807) is 59.8 Å². The number of primary amides is 1. The number of carbonyl (C=O) groups excluding carboxylic acids is 3. The summed E-state index contributed by atoms with van der Waals surface area (Å²) in [5, 5.41) is 7.65. The number of hydrogen-bond acceptors (Lipinski definition) is 7. The van der Waals surface area contributed by atoms with E-state index in [2.05, 4.69) is 53.1 Å². The SMILES string of the molecule is NC(=O)c1nn(CC(=O)N2[C@@H]3C[C@@H]3C[C@H]2C(=O)Nc2cccc(Br)n2)c2ccc(C#Cc3ncccn3)cc12. The lowest BCUT2D eigenvalue weighted by Crippen LogP contribution is -2.46. The summed E-state index contributed by atoms with van der Waals surface area (Å²) in [5.41, 5.74) is 6.82. The Bertz CT molecular complexity index is 1690. The van der Waals surface area contributed by atoms with Crippen LogP contribution in [0.15, 0.2) is 59.5 Å². The summed E-state index contributed by atoms with van der Waals surface area (Å²) in [5.74, 6) is 5.66. The lowest BCUT2D eigenvalue weighted by Gasteiger charge is -2.26. The summed E-state index contributed by atoms with van der Waals surface area (Å²) in [6, 6.07) is 11.5. The number of nitrogens with zero attached hydrogens (tertiary/aromatic N) is 6. The van der Waals surface area contributed by atoms with Gasteiger partial charge in [-0.05, 0) is 77.0 Å². The van der Waals surface area contributed by atoms with Gasteiger partial charge in [0.1, 0.15) is 23.0 Å². The van der Waals surface area contributed by atoms with E-state index in [4.69, 9.17) is 5.73 Å². The van der Waals surface area contributed by atoms with Crippen LogP contribution in [0, 0.1) is 17.8 Å². The van der Waals surface area contributed by atoms with Crippen LogP contribution in [0.4, 0.5) is 5.82 Å². The molecule has 1 aliphatic carbocycles. The van der Waals surface area contributed by atoms with Crippen molar-refractivity contribution >= 4 is 50.4 Å². The normalized spacial score (nSPS) is 19.2. The molecule has 1 aromatic carbocycles. The van der Waals surface area contributed by atoms with Gasteiger partial charge in [-0.1, -0.05) is 12.0 Å². The Labute approximate surface area is 230 Å². The number of amides is 3. The van der Waals surface area contributed by atoms with E-state index in [9.17, 15) is 14.4 Å². The highest BCUT2D eigenvalue weighted by Gasteiger charge is 2.56. The maximum absolute atomic E-state index is 13.5. The lowest BCUT2D eigenvalue weighted by molar-refractivity contribution is -0.138. The summed E-state index contributed by atoms with van der Waals surface area (Å²) in [7, 11) is 0. The van der Waals surface area contributed by atoms with Crippen molar-refractivity contribution in [3.8, 4) is 11.8 Å². The second-order valence-electron chi connectivity index (χ2n) is 9.38. The van der Waals surface area contributed by atoms with Gasteiger partial charge < -0.3 is 16.0 Å². The average molecular weight is 585 g/mol. The number of nitrogens with two attached hydrogens (primary N) is 1. The molecule has 1 saturated heterocycles. The van der Waals surface area contributed by atoms with Gasteiger partial charge in [0.25, 0.3) is 5.91 Å². The molecule has 6 rings (SSSR count). The average Bonchev–Trinajstić information content (AvgIpc) is 3.43. The summed E-state index contributed by atoms with van der Waals surface area (Å²) >= 11 is 3.30. The van der Waals surface area contributed by atoms with Gasteiger partial charge in [0.2, 0.25) is 17.6 Å². The van der Waals surface area contributed by atoms with E-state index in [1.807, 2.05) is 0 Å². The molecule has 2 fully saturated rings. The van der Waals surface area contributed by atoms with Crippen LogP contribution < -0.4 is 11.1 Å². The van der Waals surface area contributed by atoms with E-state index >= 15 is 0 Å². The highest BCUT2D eigenvalue weighted by molar-refractivity contribution is 9.10. The quantitative estimate of drug-likeness (QED) is 0.269. The summed E-state index contributed by atoms with van der Waals surface area (Å²) in [4.78, 5) is 52.9. The third kappa shape index (κ3) is 4.96. The summed E-state index contributed by atoms with van der Waals surface area (Å²) < 4.78 is 2.05. The van der Waals surface area contributed by atoms with Crippen LogP contribution in [-0.4, -0.2) is 59.4 Å². The largest absolute Gasteiger partial charge is 0.364 e. The minimum Gasteiger partial charge on any atom is -0.364 e. The zero-order valence-electron chi connectivity index (χ0n) is 20.4. The van der Waals surface area contributed by atoms with Crippen LogP contribution in [0.5, 0.6) is 0 Å². The highest BCUT2D eigenvalue weighted by Crippen LogP contribution is 2.48. The molecule has 0 radical (unpaired) electrons. The number of halogens is 1. The molecule has 194 valence electrons. The molecule has 0 bridgehead atoms. The Hall–Kier alpha value is -4.63. The number of carbonyl (C=O) groups is 3. The van der Waals surface area contributed by atoms with Crippen LogP contribution in [0.25, 0.3) is 10.9 Å². The van der Waals surface area contributed by atoms with Gasteiger partial charge in [-0.2, -0.15) is 5.10 Å². The van der Waals surface area contributed by atoms with Crippen molar-refractivity contribution in [3.05, 3.63) is 76.5 Å². The molecular weight excluding hydrogens is 564 g/mol. The van der Waals surface area contributed by atoms with Gasteiger partial charge in [0, 0.05) is 29.4 Å². The number of piperidine rings is 1. The molecule has 2 aliphatic rings. The number of aromatic nitrogens is 5. The van der Waals surface area contributed by atoms with Crippen molar-refractivity contribution in [1.82, 2.24) is 29.6 Å². The predicted molar refractivity (Wildman–Crippen MR) is 144 cm³/mol. The predicted octanol–water partition coefficient (Wildman–Crippen LogP) is 2.11. The number of hydrogen-bond donors (Lipinski definition) is 2. The molecule has 3 atom stereocenters. The fraction of sp³-hybridized carbons (Fsp3) is 0.222. The molecular formula is C27H21BrN8O3. The number of fused-ring (bicyclic) bond motifs is 2. The van der Waals surface area contributed by atoms with E-state index < -0.39 is 11.9 Å². The number of nitrogens with one attached hydrogen (secondary N) is 1. The third-order valence-electron chi connectivity index (χ3n) is 6.81. The van der Waals surface area contributed by atoms with E-state index in [1.165, 1.54) is 4.68 Å². The standard InChI is InChI=1S/C27H21BrN8O3/c28-21-3-1-4-23(32-21)33-27(39)20-13-16-12-19(16)36(20)24(37)14-35-18-7-5-15(6-8-22-30-9-2-10-31-22)11-17(18)25(34-35)26(29)38/h1-5,7,9-11,16,19-20H,12-14H2,(H2,29,38)(H,32,33,39)/t16-,19-,20+/m1/s1. The van der Waals surface area contributed by atoms with Gasteiger partial charge in [0.15, 0.2) is 5.69 Å². The summed E-state index contributed by atoms with van der Waals surface area (Å²) in [6.45, 7) is -0.144. The van der Waals surface area contributed by atoms with Crippen molar-refractivity contribution in [1.29, 1.82) is 0 Å². The molecule has 0 spiro atoms. The van der Waals surface area contributed by atoms with Crippen molar-refractivity contribution in [2.24, 2.45) is 11.7 Å². The molecule has 39 heavy (non-hydrogen) atoms. The van der Waals surface area contributed by atoms with Crippen molar-refractivity contribution in [2.75, 3.05) is 5.32 Å². The topological polar surface area (TPSA) is 149 Å². The number of benzene rings is 1. The number of rotatable bonds is 5. The minimum atomic E-state index is -0.718. The number of anilines is 1. The zero-order valence-corrected chi connectivity index (χ0v) is 22.0. The van der Waals surface area contributed by atoms with Gasteiger partial charge in [-0.15, -0.1) is 0 Å². The van der Waals surface area contributed by atoms with Crippen LogP contribution >= 0.6 is 15.9 Å². The maximum Gasteiger partial charge on any atom is 0.269 e. The van der Waals surface area contributed by atoms with E-state index in [0.717, 1.165) is 6.42 Å². The first-order valence-corrected chi connectivity index (χ1v) is 13.0. The zero-order chi connectivity index (χ0) is 27.1. The number of likely N-dealkylation sites (tertiary alicyclic amines) is 1. The first-order chi connectivity index (χ1) is 18.9. The molecule has 1 aliphatic heterocycles. The number of pyridine rings is 1. The van der Waals surface area contributed by atoms with Gasteiger partial charge in [-0.25, -0.2) is 15.0 Å². The Balaban J connectivity index is 1.25.